The molecule has 1 unspecified atom stereocenters. The van der Waals surface area contributed by atoms with Crippen LogP contribution in [0, 0.1) is 5.82 Å². The second-order valence-corrected chi connectivity index (χ2v) is 3.56. The number of ether oxygens (including phenoxy) is 1. The topological polar surface area (TPSA) is 38.3 Å². The molecule has 92 valence electrons. The molecule has 17 heavy (non-hydrogen) atoms. The van der Waals surface area contributed by atoms with Crippen molar-refractivity contribution < 1.29 is 13.9 Å². The van der Waals surface area contributed by atoms with Gasteiger partial charge in [0, 0.05) is 19.4 Å². The van der Waals surface area contributed by atoms with Crippen LogP contribution in [-0.2, 0) is 4.74 Å². The van der Waals surface area contributed by atoms with Gasteiger partial charge < -0.3 is 10.1 Å². The number of alkyl carbamates (subject to hydrolysis) is 1. The van der Waals surface area contributed by atoms with Crippen LogP contribution in [0.25, 0.3) is 0 Å². The molecule has 1 N–H and O–H groups in total. The minimum Gasteiger partial charge on any atom is -0.446 e. The van der Waals surface area contributed by atoms with Gasteiger partial charge in [-0.3, -0.25) is 0 Å². The first-order valence-corrected chi connectivity index (χ1v) is 5.48. The Kier molecular flexibility index (Phi) is 5.79. The highest BCUT2D eigenvalue weighted by Gasteiger charge is 2.17. The summed E-state index contributed by atoms with van der Waals surface area (Å²) in [5.41, 5.74) is 0. The van der Waals surface area contributed by atoms with Crippen molar-refractivity contribution in [3.05, 3.63) is 48.8 Å². The number of carbonyl (C=O) groups is 1. The van der Waals surface area contributed by atoms with Gasteiger partial charge in [0.2, 0.25) is 0 Å². The normalized spacial score (nSPS) is 18.2. The predicted octanol–water partition coefficient (Wildman–Crippen LogP) is 2.89. The van der Waals surface area contributed by atoms with Crippen LogP contribution in [0.5, 0.6) is 0 Å². The van der Waals surface area contributed by atoms with Gasteiger partial charge in [0.15, 0.2) is 0 Å². The fourth-order valence-corrected chi connectivity index (χ4v) is 1.35. The van der Waals surface area contributed by atoms with Crippen LogP contribution in [0.15, 0.2) is 43.0 Å². The van der Waals surface area contributed by atoms with Crippen LogP contribution in [0.2, 0.25) is 0 Å². The van der Waals surface area contributed by atoms with E-state index in [1.54, 1.807) is 24.3 Å². The van der Waals surface area contributed by atoms with Crippen LogP contribution in [0.4, 0.5) is 9.18 Å². The summed E-state index contributed by atoms with van der Waals surface area (Å²) >= 11 is 0. The quantitative estimate of drug-likeness (QED) is 0.803. The zero-order valence-corrected chi connectivity index (χ0v) is 9.56. The van der Waals surface area contributed by atoms with Crippen LogP contribution in [-0.4, -0.2) is 18.7 Å². The summed E-state index contributed by atoms with van der Waals surface area (Å²) in [4.78, 5) is 10.6. The second-order valence-electron chi connectivity index (χ2n) is 3.56. The van der Waals surface area contributed by atoms with Gasteiger partial charge in [-0.1, -0.05) is 24.3 Å². The molecule has 0 aromatic heterocycles. The van der Waals surface area contributed by atoms with Gasteiger partial charge in [-0.05, 0) is 12.1 Å². The summed E-state index contributed by atoms with van der Waals surface area (Å²) in [6.07, 6.45) is 3.15. The summed E-state index contributed by atoms with van der Waals surface area (Å²) in [5.74, 6) is -0.178. The number of amides is 1. The highest BCUT2D eigenvalue weighted by molar-refractivity contribution is 5.68. The Morgan fingerprint density at radius 3 is 2.65 bits per heavy atom. The Balaban J connectivity index is 0.000000181. The molecule has 1 saturated heterocycles. The van der Waals surface area contributed by atoms with E-state index >= 15 is 0 Å². The van der Waals surface area contributed by atoms with E-state index < -0.39 is 0 Å². The predicted molar refractivity (Wildman–Crippen MR) is 64.1 cm³/mol. The highest BCUT2D eigenvalue weighted by Crippen LogP contribution is 2.07. The van der Waals surface area contributed by atoms with Crippen molar-refractivity contribution in [1.29, 1.82) is 0 Å². The molecule has 1 aromatic rings. The Labute approximate surface area is 100 Å². The molecule has 1 aromatic carbocycles. The summed E-state index contributed by atoms with van der Waals surface area (Å²) in [6, 6.07) is 7.94. The number of benzene rings is 1. The molecular weight excluding hydrogens is 221 g/mol. The lowest BCUT2D eigenvalue weighted by atomic mass is 10.2. The van der Waals surface area contributed by atoms with E-state index in [1.807, 2.05) is 0 Å². The van der Waals surface area contributed by atoms with E-state index in [-0.39, 0.29) is 18.0 Å². The first kappa shape index (κ1) is 13.2. The van der Waals surface area contributed by atoms with Crippen molar-refractivity contribution in [2.45, 2.75) is 18.9 Å². The van der Waals surface area contributed by atoms with Gasteiger partial charge in [0.1, 0.15) is 11.9 Å². The molecule has 2 rings (SSSR count). The molecule has 0 bridgehead atoms. The molecule has 1 fully saturated rings. The average Bonchev–Trinajstić information content (AvgIpc) is 2.31. The molecule has 4 heteroatoms. The molecule has 1 atom stereocenters. The first-order chi connectivity index (χ1) is 8.22. The Bertz CT molecular complexity index is 354. The van der Waals surface area contributed by atoms with Crippen molar-refractivity contribution in [2.24, 2.45) is 0 Å². The number of cyclic esters (lactones) is 1. The molecular formula is C13H16FNO2. The summed E-state index contributed by atoms with van der Waals surface area (Å²) in [6.45, 7) is 4.29. The molecule has 0 saturated carbocycles. The summed E-state index contributed by atoms with van der Waals surface area (Å²) in [5, 5.41) is 2.57. The van der Waals surface area contributed by atoms with Crippen molar-refractivity contribution in [2.75, 3.05) is 6.54 Å². The van der Waals surface area contributed by atoms with Crippen LogP contribution < -0.4 is 5.32 Å². The maximum Gasteiger partial charge on any atom is 0.407 e. The molecule has 1 aliphatic heterocycles. The number of hydrogen-bond donors (Lipinski definition) is 1. The zero-order chi connectivity index (χ0) is 12.5. The zero-order valence-electron chi connectivity index (χ0n) is 9.56. The maximum atomic E-state index is 11.9. The molecule has 1 amide bonds. The van der Waals surface area contributed by atoms with Gasteiger partial charge in [-0.25, -0.2) is 9.18 Å². The molecule has 0 radical (unpaired) electrons. The minimum absolute atomic E-state index is 0.0475. The lowest BCUT2D eigenvalue weighted by Gasteiger charge is -2.21. The lowest BCUT2D eigenvalue weighted by Crippen LogP contribution is -2.37. The van der Waals surface area contributed by atoms with Gasteiger partial charge in [0.25, 0.3) is 0 Å². The molecule has 1 aliphatic rings. The van der Waals surface area contributed by atoms with E-state index in [0.717, 1.165) is 19.4 Å². The number of nitrogens with one attached hydrogen (secondary N) is 1. The third kappa shape index (κ3) is 5.70. The average molecular weight is 237 g/mol. The van der Waals surface area contributed by atoms with E-state index in [4.69, 9.17) is 4.74 Å². The number of rotatable bonds is 2. The SMILES string of the molecule is C=CCC1CCNC(=O)O1.Fc1ccccc1. The number of halogens is 1. The standard InChI is InChI=1S/C7H11NO2.C6H5F/c1-2-3-6-4-5-8-7(9)10-6;7-6-4-2-1-3-5-6/h2,6H,1,3-5H2,(H,8,9);1-5H. The van der Waals surface area contributed by atoms with E-state index in [1.165, 1.54) is 12.1 Å². The van der Waals surface area contributed by atoms with Crippen LogP contribution >= 0.6 is 0 Å². The summed E-state index contributed by atoms with van der Waals surface area (Å²) in [7, 11) is 0. The first-order valence-electron chi connectivity index (χ1n) is 5.48. The third-order valence-corrected chi connectivity index (χ3v) is 2.17. The number of hydrogen-bond acceptors (Lipinski definition) is 2. The third-order valence-electron chi connectivity index (χ3n) is 2.17. The van der Waals surface area contributed by atoms with Gasteiger partial charge in [-0.15, -0.1) is 6.58 Å². The molecule has 3 nitrogen and oxygen atoms in total. The van der Waals surface area contributed by atoms with E-state index in [2.05, 4.69) is 11.9 Å². The molecule has 0 spiro atoms. The van der Waals surface area contributed by atoms with Gasteiger partial charge >= 0.3 is 6.09 Å². The monoisotopic (exact) mass is 237 g/mol. The fraction of sp³-hybridized carbons (Fsp3) is 0.308. The van der Waals surface area contributed by atoms with E-state index in [9.17, 15) is 9.18 Å². The van der Waals surface area contributed by atoms with E-state index in [0.29, 0.717) is 0 Å². The smallest absolute Gasteiger partial charge is 0.407 e. The second kappa shape index (κ2) is 7.44. The Morgan fingerprint density at radius 2 is 2.18 bits per heavy atom. The fourth-order valence-electron chi connectivity index (χ4n) is 1.35. The Morgan fingerprint density at radius 1 is 1.47 bits per heavy atom. The van der Waals surface area contributed by atoms with Crippen LogP contribution in [0.3, 0.4) is 0 Å². The van der Waals surface area contributed by atoms with Gasteiger partial charge in [-0.2, -0.15) is 0 Å². The lowest BCUT2D eigenvalue weighted by molar-refractivity contribution is 0.0758. The summed E-state index contributed by atoms with van der Waals surface area (Å²) < 4.78 is 16.8. The molecule has 0 aliphatic carbocycles. The maximum absolute atomic E-state index is 11.9. The minimum atomic E-state index is -0.307. The van der Waals surface area contributed by atoms with Crippen LogP contribution in [0.1, 0.15) is 12.8 Å². The molecule has 1 heterocycles. The van der Waals surface area contributed by atoms with Crippen molar-refractivity contribution in [3.63, 3.8) is 0 Å². The Hall–Kier alpha value is -1.84. The van der Waals surface area contributed by atoms with Gasteiger partial charge in [0.05, 0.1) is 0 Å². The highest BCUT2D eigenvalue weighted by atomic mass is 19.1. The van der Waals surface area contributed by atoms with Crippen molar-refractivity contribution in [3.8, 4) is 0 Å². The van der Waals surface area contributed by atoms with Crippen molar-refractivity contribution in [1.82, 2.24) is 5.32 Å². The largest absolute Gasteiger partial charge is 0.446 e. The van der Waals surface area contributed by atoms with Crippen molar-refractivity contribution >= 4 is 6.09 Å². The number of carbonyl (C=O) groups excluding carboxylic acids is 1.